The van der Waals surface area contributed by atoms with Crippen molar-refractivity contribution in [3.8, 4) is 0 Å². The van der Waals surface area contributed by atoms with Gasteiger partial charge in [-0.3, -0.25) is 19.2 Å². The Morgan fingerprint density at radius 1 is 0.657 bits per heavy atom. The molecule has 0 heterocycles. The second-order valence-corrected chi connectivity index (χ2v) is 10.0. The van der Waals surface area contributed by atoms with Crippen LogP contribution in [0.2, 0.25) is 0 Å². The van der Waals surface area contributed by atoms with E-state index in [-0.39, 0.29) is 36.6 Å². The molecule has 2 aromatic carbocycles. The van der Waals surface area contributed by atoms with E-state index < -0.39 is 23.8 Å². The minimum absolute atomic E-state index is 0.0391. The molecule has 0 aromatic heterocycles. The molecule has 2 aromatic rings. The number of benzene rings is 2. The highest BCUT2D eigenvalue weighted by atomic mass is 16.5. The Balaban J connectivity index is 1.37. The minimum atomic E-state index is -0.634. The molecule has 2 saturated carbocycles. The molecular formula is C29H32O6. The van der Waals surface area contributed by atoms with Crippen molar-refractivity contribution in [3.05, 3.63) is 69.8 Å². The lowest BCUT2D eigenvalue weighted by atomic mass is 9.79. The molecule has 2 bridgehead atoms. The SMILES string of the molecule is Cc1ccc(C(=O)COC(=O)C2C3CCC(C3)C2C(=O)OCC(=O)c2ccc(C)c(C)c2)cc1C. The summed E-state index contributed by atoms with van der Waals surface area (Å²) in [5.41, 5.74) is 5.14. The zero-order chi connectivity index (χ0) is 25.3. The van der Waals surface area contributed by atoms with Gasteiger partial charge < -0.3 is 9.47 Å². The zero-order valence-corrected chi connectivity index (χ0v) is 20.8. The maximum Gasteiger partial charge on any atom is 0.310 e. The van der Waals surface area contributed by atoms with Gasteiger partial charge in [0, 0.05) is 11.1 Å². The van der Waals surface area contributed by atoms with Crippen LogP contribution >= 0.6 is 0 Å². The summed E-state index contributed by atoms with van der Waals surface area (Å²) in [6.07, 6.45) is 2.46. The van der Waals surface area contributed by atoms with Crippen molar-refractivity contribution in [1.29, 1.82) is 0 Å². The number of carbonyl (C=O) groups is 4. The van der Waals surface area contributed by atoms with Crippen molar-refractivity contribution in [1.82, 2.24) is 0 Å². The first-order valence-corrected chi connectivity index (χ1v) is 12.2. The molecule has 6 nitrogen and oxygen atoms in total. The van der Waals surface area contributed by atoms with Crippen LogP contribution in [0.5, 0.6) is 0 Å². The van der Waals surface area contributed by atoms with Crippen molar-refractivity contribution in [3.63, 3.8) is 0 Å². The average Bonchev–Trinajstić information content (AvgIpc) is 3.46. The van der Waals surface area contributed by atoms with Crippen LogP contribution < -0.4 is 0 Å². The van der Waals surface area contributed by atoms with Gasteiger partial charge in [-0.25, -0.2) is 0 Å². The molecule has 2 aliphatic rings. The molecule has 4 rings (SSSR count). The van der Waals surface area contributed by atoms with Crippen LogP contribution in [0.3, 0.4) is 0 Å². The van der Waals surface area contributed by atoms with Crippen molar-refractivity contribution in [2.75, 3.05) is 13.2 Å². The Morgan fingerprint density at radius 2 is 1.06 bits per heavy atom. The van der Waals surface area contributed by atoms with Crippen molar-refractivity contribution < 1.29 is 28.7 Å². The lowest BCUT2D eigenvalue weighted by Crippen LogP contribution is -2.38. The highest BCUT2D eigenvalue weighted by Gasteiger charge is 2.55. The highest BCUT2D eigenvalue weighted by molar-refractivity contribution is 5.99. The summed E-state index contributed by atoms with van der Waals surface area (Å²) in [5, 5.41) is 0. The van der Waals surface area contributed by atoms with Gasteiger partial charge in [0.2, 0.25) is 0 Å². The number of carbonyl (C=O) groups excluding carboxylic acids is 4. The topological polar surface area (TPSA) is 86.7 Å². The van der Waals surface area contributed by atoms with Gasteiger partial charge in [0.05, 0.1) is 11.8 Å². The van der Waals surface area contributed by atoms with Gasteiger partial charge in [-0.15, -0.1) is 0 Å². The monoisotopic (exact) mass is 476 g/mol. The maximum absolute atomic E-state index is 13.0. The summed E-state index contributed by atoms with van der Waals surface area (Å²) in [6, 6.07) is 10.8. The summed E-state index contributed by atoms with van der Waals surface area (Å²) in [4.78, 5) is 51.1. The zero-order valence-electron chi connectivity index (χ0n) is 20.8. The minimum Gasteiger partial charge on any atom is -0.457 e. The van der Waals surface area contributed by atoms with Crippen molar-refractivity contribution in [2.45, 2.75) is 47.0 Å². The highest BCUT2D eigenvalue weighted by Crippen LogP contribution is 2.53. The van der Waals surface area contributed by atoms with Crippen LogP contribution in [0.4, 0.5) is 0 Å². The number of hydrogen-bond donors (Lipinski definition) is 0. The number of rotatable bonds is 8. The second kappa shape index (κ2) is 10.1. The van der Waals surface area contributed by atoms with E-state index in [1.165, 1.54) is 0 Å². The van der Waals surface area contributed by atoms with Crippen LogP contribution in [0, 0.1) is 51.4 Å². The molecule has 0 amide bonds. The lowest BCUT2D eigenvalue weighted by molar-refractivity contribution is -0.162. The number of ketones is 2. The molecule has 35 heavy (non-hydrogen) atoms. The molecular weight excluding hydrogens is 444 g/mol. The molecule has 2 fully saturated rings. The van der Waals surface area contributed by atoms with Gasteiger partial charge in [0.15, 0.2) is 24.8 Å². The van der Waals surface area contributed by atoms with Gasteiger partial charge in [-0.2, -0.15) is 0 Å². The Morgan fingerprint density at radius 3 is 1.43 bits per heavy atom. The first-order valence-electron chi connectivity index (χ1n) is 12.2. The summed E-state index contributed by atoms with van der Waals surface area (Å²) in [6.45, 7) is 7.06. The van der Waals surface area contributed by atoms with Crippen molar-refractivity contribution >= 4 is 23.5 Å². The summed E-state index contributed by atoms with van der Waals surface area (Å²) >= 11 is 0. The van der Waals surface area contributed by atoms with E-state index in [0.29, 0.717) is 11.1 Å². The van der Waals surface area contributed by atoms with E-state index in [4.69, 9.17) is 9.47 Å². The average molecular weight is 477 g/mol. The van der Waals surface area contributed by atoms with E-state index in [9.17, 15) is 19.2 Å². The molecule has 0 radical (unpaired) electrons. The summed E-state index contributed by atoms with van der Waals surface area (Å²) < 4.78 is 10.8. The third-order valence-electron chi connectivity index (χ3n) is 7.81. The quantitative estimate of drug-likeness (QED) is 0.404. The maximum atomic E-state index is 13.0. The molecule has 4 atom stereocenters. The van der Waals surface area contributed by atoms with Crippen LogP contribution in [-0.4, -0.2) is 36.7 Å². The van der Waals surface area contributed by atoms with Crippen LogP contribution in [0.15, 0.2) is 36.4 Å². The number of ether oxygens (including phenoxy) is 2. The molecule has 2 aliphatic carbocycles. The molecule has 0 N–H and O–H groups in total. The van der Waals surface area contributed by atoms with Gasteiger partial charge in [0.25, 0.3) is 0 Å². The smallest absolute Gasteiger partial charge is 0.310 e. The molecule has 184 valence electrons. The largest absolute Gasteiger partial charge is 0.457 e. The van der Waals surface area contributed by atoms with Crippen LogP contribution in [0.25, 0.3) is 0 Å². The summed E-state index contributed by atoms with van der Waals surface area (Å²) in [5.74, 6) is -2.80. The normalized spacial score (nSPS) is 22.6. The first-order chi connectivity index (χ1) is 16.7. The fourth-order valence-electron chi connectivity index (χ4n) is 5.43. The van der Waals surface area contributed by atoms with Crippen LogP contribution in [-0.2, 0) is 19.1 Å². The van der Waals surface area contributed by atoms with E-state index in [1.807, 2.05) is 39.8 Å². The lowest BCUT2D eigenvalue weighted by Gasteiger charge is -2.27. The molecule has 0 spiro atoms. The Labute approximate surface area is 206 Å². The molecule has 6 heteroatoms. The molecule has 0 aliphatic heterocycles. The Kier molecular flexibility index (Phi) is 7.20. The number of aryl methyl sites for hydroxylation is 4. The first kappa shape index (κ1) is 24.8. The number of esters is 2. The van der Waals surface area contributed by atoms with Crippen LogP contribution in [0.1, 0.15) is 62.2 Å². The number of hydrogen-bond acceptors (Lipinski definition) is 6. The third-order valence-corrected chi connectivity index (χ3v) is 7.81. The van der Waals surface area contributed by atoms with E-state index >= 15 is 0 Å². The molecule has 4 unspecified atom stereocenters. The fourth-order valence-corrected chi connectivity index (χ4v) is 5.43. The number of Topliss-reactive ketones (excluding diaryl/α,β-unsaturated/α-hetero) is 2. The fraction of sp³-hybridized carbons (Fsp3) is 0.448. The molecule has 0 saturated heterocycles. The predicted octanol–water partition coefficient (Wildman–Crippen LogP) is 4.73. The Hall–Kier alpha value is -3.28. The van der Waals surface area contributed by atoms with Gasteiger partial charge in [-0.1, -0.05) is 24.3 Å². The third kappa shape index (κ3) is 5.21. The van der Waals surface area contributed by atoms with Crippen molar-refractivity contribution in [2.24, 2.45) is 23.7 Å². The van der Waals surface area contributed by atoms with E-state index in [0.717, 1.165) is 41.5 Å². The van der Waals surface area contributed by atoms with E-state index in [2.05, 4.69) is 0 Å². The standard InChI is InChI=1S/C29H32O6/c1-16-5-7-20(11-18(16)3)24(30)14-34-28(32)26-22-9-10-23(13-22)27(26)29(33)35-15-25(31)21-8-6-17(2)19(4)12-21/h5-8,11-12,22-23,26-27H,9-10,13-15H2,1-4H3. The summed E-state index contributed by atoms with van der Waals surface area (Å²) in [7, 11) is 0. The van der Waals surface area contributed by atoms with Gasteiger partial charge in [0.1, 0.15) is 0 Å². The second-order valence-electron chi connectivity index (χ2n) is 10.0. The number of fused-ring (bicyclic) bond motifs is 2. The van der Waals surface area contributed by atoms with Gasteiger partial charge in [-0.05, 0) is 93.2 Å². The predicted molar refractivity (Wildman–Crippen MR) is 130 cm³/mol. The van der Waals surface area contributed by atoms with Gasteiger partial charge >= 0.3 is 11.9 Å². The van der Waals surface area contributed by atoms with E-state index in [1.54, 1.807) is 24.3 Å². The Bertz CT molecular complexity index is 1090.